The van der Waals surface area contributed by atoms with Gasteiger partial charge in [-0.1, -0.05) is 13.0 Å². The standard InChI is InChI=1S/C13H16FN3O3S/c1-3-11-12(7-17(2)15-11)16-21(19,20)13-6-10(14)5-4-9(13)8-18/h4-7,16,18H,3,8H2,1-2H3. The fourth-order valence-corrected chi connectivity index (χ4v) is 3.31. The zero-order chi connectivity index (χ0) is 15.6. The Morgan fingerprint density at radius 3 is 2.76 bits per heavy atom. The van der Waals surface area contributed by atoms with Crippen LogP contribution >= 0.6 is 0 Å². The quantitative estimate of drug-likeness (QED) is 0.874. The summed E-state index contributed by atoms with van der Waals surface area (Å²) < 4.78 is 42.0. The molecule has 1 aromatic heterocycles. The molecule has 21 heavy (non-hydrogen) atoms. The minimum atomic E-state index is -4.00. The molecule has 0 bridgehead atoms. The second-order valence-corrected chi connectivity index (χ2v) is 6.18. The van der Waals surface area contributed by atoms with Crippen molar-refractivity contribution in [1.82, 2.24) is 9.78 Å². The maximum Gasteiger partial charge on any atom is 0.262 e. The fraction of sp³-hybridized carbons (Fsp3) is 0.308. The molecule has 0 atom stereocenters. The van der Waals surface area contributed by atoms with E-state index in [0.29, 0.717) is 17.8 Å². The molecule has 1 aromatic carbocycles. The summed E-state index contributed by atoms with van der Waals surface area (Å²) in [7, 11) is -2.32. The molecule has 8 heteroatoms. The Labute approximate surface area is 122 Å². The van der Waals surface area contributed by atoms with Gasteiger partial charge in [-0.25, -0.2) is 12.8 Å². The van der Waals surface area contributed by atoms with Gasteiger partial charge in [-0.3, -0.25) is 9.40 Å². The van der Waals surface area contributed by atoms with Crippen molar-refractivity contribution in [2.24, 2.45) is 7.05 Å². The van der Waals surface area contributed by atoms with Crippen LogP contribution in [0.5, 0.6) is 0 Å². The number of hydrogen-bond acceptors (Lipinski definition) is 4. The summed E-state index contributed by atoms with van der Waals surface area (Å²) in [5.41, 5.74) is 1.06. The molecule has 2 N–H and O–H groups in total. The fourth-order valence-electron chi connectivity index (χ4n) is 1.99. The van der Waals surface area contributed by atoms with E-state index in [1.165, 1.54) is 16.9 Å². The highest BCUT2D eigenvalue weighted by atomic mass is 32.2. The smallest absolute Gasteiger partial charge is 0.262 e. The van der Waals surface area contributed by atoms with Crippen LogP contribution in [0.15, 0.2) is 29.3 Å². The third-order valence-electron chi connectivity index (χ3n) is 2.97. The largest absolute Gasteiger partial charge is 0.392 e. The third kappa shape index (κ3) is 3.22. The van der Waals surface area contributed by atoms with Crippen molar-refractivity contribution in [3.63, 3.8) is 0 Å². The van der Waals surface area contributed by atoms with Crippen molar-refractivity contribution in [3.8, 4) is 0 Å². The lowest BCUT2D eigenvalue weighted by Gasteiger charge is -2.11. The van der Waals surface area contributed by atoms with Gasteiger partial charge >= 0.3 is 0 Å². The molecule has 0 spiro atoms. The molecule has 6 nitrogen and oxygen atoms in total. The highest BCUT2D eigenvalue weighted by Crippen LogP contribution is 2.23. The Bertz CT molecular complexity index is 756. The van der Waals surface area contributed by atoms with Crippen LogP contribution < -0.4 is 4.72 Å². The lowest BCUT2D eigenvalue weighted by Crippen LogP contribution is -2.16. The second kappa shape index (κ2) is 5.82. The maximum absolute atomic E-state index is 13.3. The number of nitrogens with one attached hydrogen (secondary N) is 1. The molecule has 0 saturated heterocycles. The van der Waals surface area contributed by atoms with E-state index in [1.807, 2.05) is 6.92 Å². The number of aliphatic hydroxyl groups is 1. The average molecular weight is 313 g/mol. The zero-order valence-electron chi connectivity index (χ0n) is 11.7. The van der Waals surface area contributed by atoms with E-state index in [4.69, 9.17) is 0 Å². The first-order chi connectivity index (χ1) is 9.87. The van der Waals surface area contributed by atoms with Crippen LogP contribution in [-0.2, 0) is 30.1 Å². The van der Waals surface area contributed by atoms with Crippen LogP contribution in [0.4, 0.5) is 10.1 Å². The molecule has 0 aliphatic carbocycles. The molecular weight excluding hydrogens is 297 g/mol. The molecule has 1 heterocycles. The highest BCUT2D eigenvalue weighted by Gasteiger charge is 2.21. The molecule has 0 saturated carbocycles. The summed E-state index contributed by atoms with van der Waals surface area (Å²) in [6.45, 7) is 1.35. The van der Waals surface area contributed by atoms with Gasteiger partial charge in [0.15, 0.2) is 0 Å². The van der Waals surface area contributed by atoms with Crippen molar-refractivity contribution < 1.29 is 17.9 Å². The van der Waals surface area contributed by atoms with E-state index < -0.39 is 22.4 Å². The predicted molar refractivity (Wildman–Crippen MR) is 75.7 cm³/mol. The van der Waals surface area contributed by atoms with E-state index >= 15 is 0 Å². The number of aliphatic hydroxyl groups excluding tert-OH is 1. The van der Waals surface area contributed by atoms with E-state index in [-0.39, 0.29) is 10.5 Å². The summed E-state index contributed by atoms with van der Waals surface area (Å²) in [5, 5.41) is 13.3. The number of rotatable bonds is 5. The SMILES string of the molecule is CCc1nn(C)cc1NS(=O)(=O)c1cc(F)ccc1CO. The number of benzene rings is 1. The number of hydrogen-bond donors (Lipinski definition) is 2. The van der Waals surface area contributed by atoms with Crippen molar-refractivity contribution in [2.75, 3.05) is 4.72 Å². The lowest BCUT2D eigenvalue weighted by molar-refractivity contribution is 0.278. The third-order valence-corrected chi connectivity index (χ3v) is 4.42. The number of sulfonamides is 1. The first-order valence-electron chi connectivity index (χ1n) is 6.32. The Hall–Kier alpha value is -1.93. The summed E-state index contributed by atoms with van der Waals surface area (Å²) in [6, 6.07) is 3.23. The Morgan fingerprint density at radius 1 is 1.43 bits per heavy atom. The van der Waals surface area contributed by atoms with Crippen LogP contribution in [-0.4, -0.2) is 23.3 Å². The monoisotopic (exact) mass is 313 g/mol. The normalized spacial score (nSPS) is 11.6. The molecule has 0 unspecified atom stereocenters. The maximum atomic E-state index is 13.3. The average Bonchev–Trinajstić information content (AvgIpc) is 2.78. The summed E-state index contributed by atoms with van der Waals surface area (Å²) >= 11 is 0. The van der Waals surface area contributed by atoms with E-state index in [0.717, 1.165) is 12.1 Å². The summed E-state index contributed by atoms with van der Waals surface area (Å²) in [5.74, 6) is -0.686. The molecule has 2 aromatic rings. The summed E-state index contributed by atoms with van der Waals surface area (Å²) in [4.78, 5) is -0.282. The minimum Gasteiger partial charge on any atom is -0.392 e. The van der Waals surface area contributed by atoms with Gasteiger partial charge in [-0.15, -0.1) is 0 Å². The highest BCUT2D eigenvalue weighted by molar-refractivity contribution is 7.92. The van der Waals surface area contributed by atoms with E-state index in [2.05, 4.69) is 9.82 Å². The van der Waals surface area contributed by atoms with Gasteiger partial charge in [0, 0.05) is 13.2 Å². The Morgan fingerprint density at radius 2 is 2.14 bits per heavy atom. The first kappa shape index (κ1) is 15.5. The number of halogens is 1. The molecule has 0 aliphatic rings. The number of nitrogens with zero attached hydrogens (tertiary/aromatic N) is 2. The van der Waals surface area contributed by atoms with Gasteiger partial charge in [-0.2, -0.15) is 5.10 Å². The second-order valence-electron chi connectivity index (χ2n) is 4.53. The zero-order valence-corrected chi connectivity index (χ0v) is 12.5. The van der Waals surface area contributed by atoms with Gasteiger partial charge in [0.2, 0.25) is 0 Å². The van der Waals surface area contributed by atoms with Gasteiger partial charge in [-0.05, 0) is 24.1 Å². The summed E-state index contributed by atoms with van der Waals surface area (Å²) in [6.07, 6.45) is 2.09. The van der Waals surface area contributed by atoms with Gasteiger partial charge in [0.25, 0.3) is 10.0 Å². The van der Waals surface area contributed by atoms with Crippen molar-refractivity contribution >= 4 is 15.7 Å². The van der Waals surface area contributed by atoms with Crippen LogP contribution in [0.3, 0.4) is 0 Å². The van der Waals surface area contributed by atoms with E-state index in [1.54, 1.807) is 7.05 Å². The van der Waals surface area contributed by atoms with E-state index in [9.17, 15) is 17.9 Å². The number of aromatic nitrogens is 2. The molecular formula is C13H16FN3O3S. The van der Waals surface area contributed by atoms with Gasteiger partial charge in [0.1, 0.15) is 5.82 Å². The molecule has 114 valence electrons. The van der Waals surface area contributed by atoms with Crippen LogP contribution in [0.1, 0.15) is 18.2 Å². The molecule has 0 aliphatic heterocycles. The van der Waals surface area contributed by atoms with Crippen molar-refractivity contribution in [2.45, 2.75) is 24.8 Å². The molecule has 0 radical (unpaired) electrons. The number of anilines is 1. The topological polar surface area (TPSA) is 84.2 Å². The van der Waals surface area contributed by atoms with Crippen molar-refractivity contribution in [1.29, 1.82) is 0 Å². The van der Waals surface area contributed by atoms with Crippen LogP contribution in [0, 0.1) is 5.82 Å². The Kier molecular flexibility index (Phi) is 4.29. The Balaban J connectivity index is 2.45. The predicted octanol–water partition coefficient (Wildman–Crippen LogP) is 1.41. The molecule has 0 fully saturated rings. The lowest BCUT2D eigenvalue weighted by atomic mass is 10.2. The van der Waals surface area contributed by atoms with Gasteiger partial charge in [0.05, 0.1) is 22.9 Å². The molecule has 0 amide bonds. The minimum absolute atomic E-state index is 0.130. The van der Waals surface area contributed by atoms with Crippen LogP contribution in [0.2, 0.25) is 0 Å². The molecule has 2 rings (SSSR count). The number of aryl methyl sites for hydroxylation is 2. The van der Waals surface area contributed by atoms with Crippen molar-refractivity contribution in [3.05, 3.63) is 41.5 Å². The van der Waals surface area contributed by atoms with Gasteiger partial charge < -0.3 is 5.11 Å². The van der Waals surface area contributed by atoms with Crippen LogP contribution in [0.25, 0.3) is 0 Å². The first-order valence-corrected chi connectivity index (χ1v) is 7.80.